The number of rotatable bonds is 3. The summed E-state index contributed by atoms with van der Waals surface area (Å²) < 4.78 is 16.2. The zero-order valence-corrected chi connectivity index (χ0v) is 12.5. The van der Waals surface area contributed by atoms with Gasteiger partial charge in [-0.1, -0.05) is 25.4 Å². The van der Waals surface area contributed by atoms with Crippen LogP contribution in [0.4, 0.5) is 4.39 Å². The van der Waals surface area contributed by atoms with E-state index >= 15 is 0 Å². The molecule has 1 aromatic heterocycles. The molecule has 1 heterocycles. The first-order chi connectivity index (χ1) is 8.93. The van der Waals surface area contributed by atoms with E-state index in [0.29, 0.717) is 21.6 Å². The van der Waals surface area contributed by atoms with Crippen LogP contribution in [0.15, 0.2) is 12.1 Å². The molecule has 1 saturated carbocycles. The van der Waals surface area contributed by atoms with Crippen molar-refractivity contribution in [2.75, 3.05) is 0 Å². The fourth-order valence-corrected chi connectivity index (χ4v) is 3.13. The molecular weight excluding hydrogens is 283 g/mol. The van der Waals surface area contributed by atoms with Gasteiger partial charge in [-0.05, 0) is 42.5 Å². The summed E-state index contributed by atoms with van der Waals surface area (Å²) in [6.07, 6.45) is 2.46. The highest BCUT2D eigenvalue weighted by Crippen LogP contribution is 2.53. The van der Waals surface area contributed by atoms with E-state index < -0.39 is 5.82 Å². The third-order valence-corrected chi connectivity index (χ3v) is 5.02. The van der Waals surface area contributed by atoms with Gasteiger partial charge in [0.15, 0.2) is 4.77 Å². The largest absolute Gasteiger partial charge is 0.330 e. The number of hydrogen-bond acceptors (Lipinski definition) is 1. The van der Waals surface area contributed by atoms with Crippen LogP contribution in [0.1, 0.15) is 26.7 Å². The number of H-pyrrole nitrogens is 1. The molecule has 0 aliphatic heterocycles. The summed E-state index contributed by atoms with van der Waals surface area (Å²) in [5.74, 6) is 0.206. The maximum atomic E-state index is 13.5. The van der Waals surface area contributed by atoms with Crippen molar-refractivity contribution in [3.63, 3.8) is 0 Å². The number of hydrogen-bond donors (Lipinski definition) is 1. The average molecular weight is 299 g/mol. The van der Waals surface area contributed by atoms with Crippen molar-refractivity contribution in [1.82, 2.24) is 9.55 Å². The van der Waals surface area contributed by atoms with Gasteiger partial charge in [-0.2, -0.15) is 0 Å². The number of fused-ring (bicyclic) bond motifs is 1. The van der Waals surface area contributed by atoms with Gasteiger partial charge in [0, 0.05) is 12.6 Å². The third kappa shape index (κ3) is 2.11. The Morgan fingerprint density at radius 3 is 2.74 bits per heavy atom. The molecule has 2 nitrogen and oxygen atoms in total. The van der Waals surface area contributed by atoms with Gasteiger partial charge in [0.1, 0.15) is 5.82 Å². The Bertz CT molecular complexity index is 697. The topological polar surface area (TPSA) is 20.7 Å². The van der Waals surface area contributed by atoms with Crippen LogP contribution in [-0.2, 0) is 6.54 Å². The van der Waals surface area contributed by atoms with E-state index in [2.05, 4.69) is 23.4 Å². The molecule has 1 fully saturated rings. The monoisotopic (exact) mass is 298 g/mol. The zero-order valence-electron chi connectivity index (χ0n) is 11.0. The van der Waals surface area contributed by atoms with Crippen LogP contribution in [-0.4, -0.2) is 9.55 Å². The van der Waals surface area contributed by atoms with Gasteiger partial charge < -0.3 is 9.55 Å². The van der Waals surface area contributed by atoms with E-state index in [1.807, 2.05) is 0 Å². The lowest BCUT2D eigenvalue weighted by molar-refractivity contribution is 0.311. The molecule has 1 aromatic carbocycles. The minimum Gasteiger partial charge on any atom is -0.330 e. The lowest BCUT2D eigenvalue weighted by Crippen LogP contribution is -2.17. The Kier molecular flexibility index (Phi) is 2.98. The first-order valence-corrected chi connectivity index (χ1v) is 7.29. The average Bonchev–Trinajstić information content (AvgIpc) is 3.06. The van der Waals surface area contributed by atoms with E-state index in [4.69, 9.17) is 23.8 Å². The highest BCUT2D eigenvalue weighted by Gasteiger charge is 2.45. The Balaban J connectivity index is 2.11. The van der Waals surface area contributed by atoms with Crippen LogP contribution in [0.5, 0.6) is 0 Å². The summed E-state index contributed by atoms with van der Waals surface area (Å²) >= 11 is 11.2. The van der Waals surface area contributed by atoms with Gasteiger partial charge in [0.2, 0.25) is 0 Å². The van der Waals surface area contributed by atoms with Gasteiger partial charge >= 0.3 is 0 Å². The van der Waals surface area contributed by atoms with Crippen LogP contribution in [0, 0.1) is 21.9 Å². The fourth-order valence-electron chi connectivity index (χ4n) is 2.70. The molecule has 2 aromatic rings. The molecule has 1 aliphatic carbocycles. The van der Waals surface area contributed by atoms with E-state index in [1.54, 1.807) is 6.07 Å². The summed E-state index contributed by atoms with van der Waals surface area (Å²) in [5, 5.41) is 0.143. The van der Waals surface area contributed by atoms with Crippen molar-refractivity contribution >= 4 is 34.9 Å². The highest BCUT2D eigenvalue weighted by atomic mass is 35.5. The number of imidazole rings is 1. The SMILES string of the molecule is CC(C)C1(Cn2c(=S)[nH]c3cc(F)c(Cl)cc32)CC1. The summed E-state index contributed by atoms with van der Waals surface area (Å²) in [4.78, 5) is 3.06. The summed E-state index contributed by atoms with van der Waals surface area (Å²) in [6, 6.07) is 3.08. The molecule has 0 unspecified atom stereocenters. The van der Waals surface area contributed by atoms with Crippen molar-refractivity contribution in [1.29, 1.82) is 0 Å². The normalized spacial score (nSPS) is 17.3. The Morgan fingerprint density at radius 1 is 1.47 bits per heavy atom. The molecule has 1 N–H and O–H groups in total. The van der Waals surface area contributed by atoms with Crippen molar-refractivity contribution in [3.8, 4) is 0 Å². The molecule has 0 amide bonds. The predicted octanol–water partition coefficient (Wildman–Crippen LogP) is 4.93. The minimum absolute atomic E-state index is 0.143. The summed E-state index contributed by atoms with van der Waals surface area (Å²) in [5.41, 5.74) is 1.95. The Hall–Kier alpha value is -0.870. The van der Waals surface area contributed by atoms with Crippen LogP contribution >= 0.6 is 23.8 Å². The molecule has 102 valence electrons. The summed E-state index contributed by atoms with van der Waals surface area (Å²) in [6.45, 7) is 5.38. The van der Waals surface area contributed by atoms with Crippen LogP contribution in [0.25, 0.3) is 11.0 Å². The van der Waals surface area contributed by atoms with E-state index in [0.717, 1.165) is 12.1 Å². The molecule has 0 radical (unpaired) electrons. The smallest absolute Gasteiger partial charge is 0.178 e. The minimum atomic E-state index is -0.414. The molecule has 0 bridgehead atoms. The number of halogens is 2. The second-order valence-electron chi connectivity index (χ2n) is 5.82. The molecule has 0 saturated heterocycles. The van der Waals surface area contributed by atoms with Crippen molar-refractivity contribution in [2.45, 2.75) is 33.2 Å². The van der Waals surface area contributed by atoms with Crippen molar-refractivity contribution in [2.24, 2.45) is 11.3 Å². The molecule has 0 atom stereocenters. The molecule has 19 heavy (non-hydrogen) atoms. The van der Waals surface area contributed by atoms with E-state index in [9.17, 15) is 4.39 Å². The molecular formula is C14H16ClFN2S. The Labute approximate surface area is 121 Å². The predicted molar refractivity (Wildman–Crippen MR) is 78.6 cm³/mol. The third-order valence-electron chi connectivity index (χ3n) is 4.41. The van der Waals surface area contributed by atoms with Gasteiger partial charge in [0.05, 0.1) is 16.1 Å². The van der Waals surface area contributed by atoms with Gasteiger partial charge in [-0.25, -0.2) is 4.39 Å². The number of nitrogens with zero attached hydrogens (tertiary/aromatic N) is 1. The van der Waals surface area contributed by atoms with Crippen LogP contribution < -0.4 is 0 Å². The first kappa shape index (κ1) is 13.1. The number of aromatic nitrogens is 2. The van der Waals surface area contributed by atoms with Crippen molar-refractivity contribution < 1.29 is 4.39 Å². The van der Waals surface area contributed by atoms with Gasteiger partial charge in [-0.3, -0.25) is 0 Å². The quantitative estimate of drug-likeness (QED) is 0.797. The zero-order chi connectivity index (χ0) is 13.8. The number of aromatic amines is 1. The standard InChI is InChI=1S/C14H16ClFN2S/c1-8(2)14(3-4-14)7-18-12-5-9(15)10(16)6-11(12)17-13(18)19/h5-6,8H,3-4,7H2,1-2H3,(H,17,19). The fraction of sp³-hybridized carbons (Fsp3) is 0.500. The molecule has 1 aliphatic rings. The van der Waals surface area contributed by atoms with Crippen LogP contribution in [0.2, 0.25) is 5.02 Å². The summed E-state index contributed by atoms with van der Waals surface area (Å²) in [7, 11) is 0. The lowest BCUT2D eigenvalue weighted by Gasteiger charge is -2.20. The Morgan fingerprint density at radius 2 is 2.16 bits per heavy atom. The second kappa shape index (κ2) is 4.32. The lowest BCUT2D eigenvalue weighted by atomic mass is 9.92. The first-order valence-electron chi connectivity index (χ1n) is 6.50. The van der Waals surface area contributed by atoms with Crippen LogP contribution in [0.3, 0.4) is 0 Å². The molecule has 5 heteroatoms. The maximum absolute atomic E-state index is 13.5. The van der Waals surface area contributed by atoms with E-state index in [-0.39, 0.29) is 5.02 Å². The van der Waals surface area contributed by atoms with Crippen molar-refractivity contribution in [3.05, 3.63) is 27.7 Å². The van der Waals surface area contributed by atoms with Gasteiger partial charge in [-0.15, -0.1) is 0 Å². The number of benzene rings is 1. The number of nitrogens with one attached hydrogen (secondary N) is 1. The maximum Gasteiger partial charge on any atom is 0.178 e. The molecule has 3 rings (SSSR count). The highest BCUT2D eigenvalue weighted by molar-refractivity contribution is 7.71. The van der Waals surface area contributed by atoms with Gasteiger partial charge in [0.25, 0.3) is 0 Å². The molecule has 0 spiro atoms. The second-order valence-corrected chi connectivity index (χ2v) is 6.61. The van der Waals surface area contributed by atoms with E-state index in [1.165, 1.54) is 18.9 Å².